The minimum atomic E-state index is -5.81. The summed E-state index contributed by atoms with van der Waals surface area (Å²) in [4.78, 5) is 23.0. The molecule has 0 saturated carbocycles. The van der Waals surface area contributed by atoms with Gasteiger partial charge in [0.2, 0.25) is 10.0 Å². The highest BCUT2D eigenvalue weighted by Gasteiger charge is 2.35. The standard InChI is InChI=1S/C19H16ClN5O6S/c20-13-1-3-15-16(11-13)21-6-5-17(15)22-7-9-23(10-8-22)32(30,31)19-4-2-14(24(26)27)12-18(19)25(28)29/h1-6,11-12H,7-10H2/i7D2,8D2,9D2,10D2. The Hall–Kier alpha value is -3.35. The van der Waals surface area contributed by atoms with Gasteiger partial charge in [0.25, 0.3) is 11.4 Å². The van der Waals surface area contributed by atoms with E-state index in [1.54, 1.807) is 0 Å². The molecule has 2 aromatic carbocycles. The van der Waals surface area contributed by atoms with Crippen molar-refractivity contribution in [3.8, 4) is 0 Å². The lowest BCUT2D eigenvalue weighted by molar-refractivity contribution is -0.396. The number of nitro benzene ring substituents is 2. The lowest BCUT2D eigenvalue weighted by Crippen LogP contribution is -2.48. The number of nitro groups is 2. The SMILES string of the molecule is [2H]C1([2H])N(c2ccnc3cc(Cl)ccc23)C([2H])([2H])C([2H])([2H])N(S(=O)(=O)c2ccc([N+](=O)[O-])cc2[N+](=O)[O-])C1([2H])[2H]. The molecule has 3 aromatic rings. The Morgan fingerprint density at radius 3 is 2.38 bits per heavy atom. The predicted molar refractivity (Wildman–Crippen MR) is 117 cm³/mol. The van der Waals surface area contributed by atoms with Crippen molar-refractivity contribution >= 4 is 49.6 Å². The summed E-state index contributed by atoms with van der Waals surface area (Å²) >= 11 is 5.97. The second kappa shape index (κ2) is 8.30. The lowest BCUT2D eigenvalue weighted by atomic mass is 10.1. The number of benzene rings is 2. The summed E-state index contributed by atoms with van der Waals surface area (Å²) in [6, 6.07) is 6.23. The van der Waals surface area contributed by atoms with Crippen LogP contribution in [0.4, 0.5) is 17.1 Å². The summed E-state index contributed by atoms with van der Waals surface area (Å²) in [5.74, 6) is 0. The molecule has 0 bridgehead atoms. The number of hydrogen-bond donors (Lipinski definition) is 0. The molecule has 166 valence electrons. The first-order chi connectivity index (χ1) is 18.2. The minimum Gasteiger partial charge on any atom is -0.368 e. The zero-order valence-electron chi connectivity index (χ0n) is 23.6. The molecule has 13 heteroatoms. The van der Waals surface area contributed by atoms with E-state index in [9.17, 15) is 28.6 Å². The van der Waals surface area contributed by atoms with Gasteiger partial charge < -0.3 is 4.90 Å². The van der Waals surface area contributed by atoms with E-state index in [2.05, 4.69) is 4.98 Å². The number of fused-ring (bicyclic) bond motifs is 1. The molecule has 32 heavy (non-hydrogen) atoms. The first kappa shape index (κ1) is 13.9. The molecular weight excluding hydrogens is 462 g/mol. The molecule has 1 aromatic heterocycles. The van der Waals surface area contributed by atoms with Crippen molar-refractivity contribution in [1.29, 1.82) is 0 Å². The zero-order chi connectivity index (χ0) is 30.2. The van der Waals surface area contributed by atoms with Gasteiger partial charge in [-0.05, 0) is 30.3 Å². The van der Waals surface area contributed by atoms with Gasteiger partial charge in [-0.25, -0.2) is 8.42 Å². The minimum absolute atomic E-state index is 0.0218. The molecule has 0 aliphatic carbocycles. The maximum Gasteiger partial charge on any atom is 0.296 e. The first-order valence-corrected chi connectivity index (χ1v) is 10.4. The van der Waals surface area contributed by atoms with Crippen LogP contribution in [0.2, 0.25) is 5.02 Å². The number of piperazine rings is 1. The fourth-order valence-electron chi connectivity index (χ4n) is 2.87. The molecule has 1 fully saturated rings. The Morgan fingerprint density at radius 2 is 1.72 bits per heavy atom. The van der Waals surface area contributed by atoms with Crippen LogP contribution in [-0.2, 0) is 10.0 Å². The maximum absolute atomic E-state index is 13.7. The van der Waals surface area contributed by atoms with Crippen LogP contribution in [0.15, 0.2) is 53.6 Å². The number of nitrogens with zero attached hydrogens (tertiary/aromatic N) is 5. The fourth-order valence-corrected chi connectivity index (χ4v) is 4.19. The Kier molecular flexibility index (Phi) is 3.61. The Morgan fingerprint density at radius 1 is 1.00 bits per heavy atom. The van der Waals surface area contributed by atoms with E-state index < -0.39 is 72.1 Å². The molecule has 0 amide bonds. The Bertz CT molecular complexity index is 1660. The number of hydrogen-bond acceptors (Lipinski definition) is 8. The van der Waals surface area contributed by atoms with Crippen LogP contribution in [0.25, 0.3) is 10.9 Å². The van der Waals surface area contributed by atoms with E-state index in [4.69, 9.17) is 22.6 Å². The fraction of sp³-hybridized carbons (Fsp3) is 0.211. The highest BCUT2D eigenvalue weighted by Crippen LogP contribution is 2.32. The quantitative estimate of drug-likeness (QED) is 0.396. The maximum atomic E-state index is 13.7. The first-order valence-electron chi connectivity index (χ1n) is 12.5. The van der Waals surface area contributed by atoms with Gasteiger partial charge in [-0.1, -0.05) is 11.6 Å². The summed E-state index contributed by atoms with van der Waals surface area (Å²) in [7, 11) is -5.81. The summed E-state index contributed by atoms with van der Waals surface area (Å²) in [6.07, 6.45) is 1.11. The molecule has 0 atom stereocenters. The smallest absolute Gasteiger partial charge is 0.296 e. The second-order valence-corrected chi connectivity index (χ2v) is 8.40. The number of halogens is 1. The third-order valence-corrected chi connectivity index (χ3v) is 6.12. The Balaban J connectivity index is 2.01. The van der Waals surface area contributed by atoms with Gasteiger partial charge in [-0.2, -0.15) is 4.31 Å². The summed E-state index contributed by atoms with van der Waals surface area (Å²) in [6.45, 7) is -15.3. The zero-order valence-corrected chi connectivity index (χ0v) is 17.2. The number of non-ortho nitro benzene ring substituents is 1. The van der Waals surface area contributed by atoms with Crippen LogP contribution in [0.5, 0.6) is 0 Å². The van der Waals surface area contributed by atoms with Crippen LogP contribution >= 0.6 is 11.6 Å². The largest absolute Gasteiger partial charge is 0.368 e. The summed E-state index contributed by atoms with van der Waals surface area (Å²) in [5.41, 5.74) is -2.63. The van der Waals surface area contributed by atoms with Crippen molar-refractivity contribution in [3.63, 3.8) is 0 Å². The van der Waals surface area contributed by atoms with E-state index in [0.717, 1.165) is 12.3 Å². The predicted octanol–water partition coefficient (Wildman–Crippen LogP) is 3.22. The van der Waals surface area contributed by atoms with Gasteiger partial charge >= 0.3 is 0 Å². The molecule has 0 unspecified atom stereocenters. The van der Waals surface area contributed by atoms with Crippen molar-refractivity contribution in [2.24, 2.45) is 0 Å². The highest BCUT2D eigenvalue weighted by atomic mass is 35.5. The average Bonchev–Trinajstić information content (AvgIpc) is 2.81. The number of pyridine rings is 1. The van der Waals surface area contributed by atoms with Crippen LogP contribution in [0, 0.1) is 20.2 Å². The molecule has 2 heterocycles. The molecule has 4 rings (SSSR count). The number of rotatable bonds is 5. The summed E-state index contributed by atoms with van der Waals surface area (Å²) < 4.78 is 95.1. The molecule has 1 saturated heterocycles. The third-order valence-electron chi connectivity index (χ3n) is 4.32. The number of anilines is 1. The van der Waals surface area contributed by atoms with Gasteiger partial charge in [0, 0.05) is 59.8 Å². The van der Waals surface area contributed by atoms with Crippen LogP contribution in [-0.4, -0.2) is 53.5 Å². The van der Waals surface area contributed by atoms with Gasteiger partial charge in [0.15, 0.2) is 4.90 Å². The van der Waals surface area contributed by atoms with Crippen LogP contribution < -0.4 is 4.90 Å². The van der Waals surface area contributed by atoms with Crippen molar-refractivity contribution in [2.75, 3.05) is 30.9 Å². The van der Waals surface area contributed by atoms with Crippen LogP contribution in [0.1, 0.15) is 11.0 Å². The normalized spacial score (nSPS) is 25.1. The molecule has 1 aliphatic heterocycles. The van der Waals surface area contributed by atoms with E-state index in [0.29, 0.717) is 12.1 Å². The number of aromatic nitrogens is 1. The van der Waals surface area contributed by atoms with Crippen molar-refractivity contribution < 1.29 is 29.2 Å². The molecule has 0 N–H and O–H groups in total. The topological polar surface area (TPSA) is 140 Å². The van der Waals surface area contributed by atoms with Gasteiger partial charge in [-0.15, -0.1) is 0 Å². The van der Waals surface area contributed by atoms with Gasteiger partial charge in [0.05, 0.1) is 26.9 Å². The molecule has 1 aliphatic rings. The Labute approximate surface area is 198 Å². The third kappa shape index (κ3) is 3.95. The highest BCUT2D eigenvalue weighted by molar-refractivity contribution is 7.89. The molecule has 0 spiro atoms. The molecular formula is C19H16ClN5O6S. The molecule has 11 nitrogen and oxygen atoms in total. The van der Waals surface area contributed by atoms with Gasteiger partial charge in [0.1, 0.15) is 0 Å². The summed E-state index contributed by atoms with van der Waals surface area (Å²) in [5, 5.41) is 22.9. The monoisotopic (exact) mass is 485 g/mol. The average molecular weight is 486 g/mol. The van der Waals surface area contributed by atoms with E-state index >= 15 is 0 Å². The van der Waals surface area contributed by atoms with E-state index in [-0.39, 0.29) is 26.9 Å². The van der Waals surface area contributed by atoms with Crippen molar-refractivity contribution in [2.45, 2.75) is 4.90 Å². The number of sulfonamides is 1. The lowest BCUT2D eigenvalue weighted by Gasteiger charge is -2.35. The second-order valence-electron chi connectivity index (χ2n) is 6.21. The van der Waals surface area contributed by atoms with Crippen molar-refractivity contribution in [1.82, 2.24) is 9.29 Å². The van der Waals surface area contributed by atoms with E-state index in [1.807, 2.05) is 0 Å². The van der Waals surface area contributed by atoms with Crippen molar-refractivity contribution in [3.05, 3.63) is 73.9 Å². The van der Waals surface area contributed by atoms with Crippen LogP contribution in [0.3, 0.4) is 0 Å². The molecule has 0 radical (unpaired) electrons. The van der Waals surface area contributed by atoms with E-state index in [1.165, 1.54) is 18.2 Å². The van der Waals surface area contributed by atoms with Gasteiger partial charge in [-0.3, -0.25) is 25.2 Å².